The van der Waals surface area contributed by atoms with Gasteiger partial charge in [-0.15, -0.1) is 0 Å². The summed E-state index contributed by atoms with van der Waals surface area (Å²) in [5, 5.41) is 3.03. The molecule has 0 spiro atoms. The van der Waals surface area contributed by atoms with Gasteiger partial charge in [0.25, 0.3) is 0 Å². The van der Waals surface area contributed by atoms with Crippen LogP contribution in [0.2, 0.25) is 0 Å². The van der Waals surface area contributed by atoms with Gasteiger partial charge in [-0.25, -0.2) is 4.79 Å². The summed E-state index contributed by atoms with van der Waals surface area (Å²) in [7, 11) is 1.66. The van der Waals surface area contributed by atoms with E-state index in [2.05, 4.69) is 24.1 Å². The highest BCUT2D eigenvalue weighted by atomic mass is 16.5. The molecule has 0 bridgehead atoms. The molecule has 0 aromatic heterocycles. The van der Waals surface area contributed by atoms with Crippen LogP contribution in [-0.4, -0.2) is 74.2 Å². The number of rotatable bonds is 8. The molecule has 2 aliphatic heterocycles. The molecule has 7 nitrogen and oxygen atoms in total. The van der Waals surface area contributed by atoms with Gasteiger partial charge >= 0.3 is 6.03 Å². The maximum Gasteiger partial charge on any atom is 0.317 e. The number of amides is 3. The Labute approximate surface area is 164 Å². The molecule has 7 heteroatoms. The largest absolute Gasteiger partial charge is 0.385 e. The smallest absolute Gasteiger partial charge is 0.317 e. The van der Waals surface area contributed by atoms with Gasteiger partial charge in [-0.05, 0) is 51.0 Å². The molecule has 2 rings (SSSR count). The number of nitrogens with one attached hydrogen (secondary N) is 1. The standard InChI is InChI=1S/C20H38N4O3/c1-16(2)5-10-22-19(26)23-12-6-17(7-13-23)24-11-4-8-20(15-24,18(21)25)9-14-27-3/h16-17H,4-15H2,1-3H3,(H2,21,25)(H,22,26). The van der Waals surface area contributed by atoms with Gasteiger partial charge in [0.05, 0.1) is 5.41 Å². The molecule has 2 fully saturated rings. The van der Waals surface area contributed by atoms with Crippen LogP contribution in [0.25, 0.3) is 0 Å². The number of nitrogens with zero attached hydrogens (tertiary/aromatic N) is 2. The van der Waals surface area contributed by atoms with Crippen LogP contribution in [0, 0.1) is 11.3 Å². The minimum absolute atomic E-state index is 0.0549. The lowest BCUT2D eigenvalue weighted by Crippen LogP contribution is -2.56. The summed E-state index contributed by atoms with van der Waals surface area (Å²) in [6, 6.07) is 0.477. The van der Waals surface area contributed by atoms with E-state index in [1.54, 1.807) is 7.11 Å². The second-order valence-corrected chi connectivity index (χ2v) is 8.59. The molecule has 0 saturated carbocycles. The number of likely N-dealkylation sites (tertiary alicyclic amines) is 2. The average molecular weight is 383 g/mol. The first-order chi connectivity index (χ1) is 12.9. The van der Waals surface area contributed by atoms with Crippen LogP contribution in [-0.2, 0) is 9.53 Å². The van der Waals surface area contributed by atoms with Gasteiger partial charge < -0.3 is 20.7 Å². The van der Waals surface area contributed by atoms with Crippen LogP contribution < -0.4 is 11.1 Å². The zero-order valence-corrected chi connectivity index (χ0v) is 17.3. The Hall–Kier alpha value is -1.34. The van der Waals surface area contributed by atoms with Crippen molar-refractivity contribution in [2.45, 2.75) is 58.4 Å². The molecule has 2 aliphatic rings. The summed E-state index contributed by atoms with van der Waals surface area (Å²) in [4.78, 5) is 28.8. The molecule has 0 aliphatic carbocycles. The average Bonchev–Trinajstić information content (AvgIpc) is 2.66. The SMILES string of the molecule is COCCC1(C(N)=O)CCCN(C2CCN(C(=O)NCCC(C)C)CC2)C1. The number of hydrogen-bond donors (Lipinski definition) is 2. The highest BCUT2D eigenvalue weighted by molar-refractivity contribution is 5.81. The predicted molar refractivity (Wildman–Crippen MR) is 106 cm³/mol. The monoisotopic (exact) mass is 382 g/mol. The van der Waals surface area contributed by atoms with Crippen molar-refractivity contribution in [3.63, 3.8) is 0 Å². The fourth-order valence-corrected chi connectivity index (χ4v) is 4.32. The normalized spacial score (nSPS) is 25.0. The van der Waals surface area contributed by atoms with Crippen LogP contribution >= 0.6 is 0 Å². The van der Waals surface area contributed by atoms with Gasteiger partial charge in [-0.3, -0.25) is 9.69 Å². The molecular weight excluding hydrogens is 344 g/mol. The highest BCUT2D eigenvalue weighted by Gasteiger charge is 2.42. The first-order valence-electron chi connectivity index (χ1n) is 10.4. The molecule has 3 N–H and O–H groups in total. The molecule has 0 aromatic rings. The number of hydrogen-bond acceptors (Lipinski definition) is 4. The lowest BCUT2D eigenvalue weighted by Gasteiger charge is -2.46. The molecule has 27 heavy (non-hydrogen) atoms. The third-order valence-electron chi connectivity index (χ3n) is 6.18. The van der Waals surface area contributed by atoms with Crippen LogP contribution in [0.4, 0.5) is 4.79 Å². The van der Waals surface area contributed by atoms with E-state index in [1.807, 2.05) is 4.90 Å². The maximum atomic E-state index is 12.3. The van der Waals surface area contributed by atoms with Crippen LogP contribution in [0.1, 0.15) is 52.4 Å². The van der Waals surface area contributed by atoms with E-state index in [9.17, 15) is 9.59 Å². The Balaban J connectivity index is 1.84. The van der Waals surface area contributed by atoms with E-state index in [-0.39, 0.29) is 11.9 Å². The second kappa shape index (κ2) is 10.3. The van der Waals surface area contributed by atoms with Crippen LogP contribution in [0.15, 0.2) is 0 Å². The Kier molecular flexibility index (Phi) is 8.35. The van der Waals surface area contributed by atoms with Gasteiger partial charge in [0.15, 0.2) is 0 Å². The van der Waals surface area contributed by atoms with Crippen molar-refractivity contribution in [3.05, 3.63) is 0 Å². The molecule has 2 saturated heterocycles. The summed E-state index contributed by atoms with van der Waals surface area (Å²) in [5.41, 5.74) is 5.31. The number of primary amides is 1. The van der Waals surface area contributed by atoms with Crippen molar-refractivity contribution in [2.75, 3.05) is 46.4 Å². The van der Waals surface area contributed by atoms with E-state index >= 15 is 0 Å². The summed E-state index contributed by atoms with van der Waals surface area (Å²) in [6.07, 6.45) is 5.44. The van der Waals surface area contributed by atoms with Gasteiger partial charge in [0.2, 0.25) is 5.91 Å². The lowest BCUT2D eigenvalue weighted by molar-refractivity contribution is -0.133. The molecule has 1 atom stereocenters. The minimum atomic E-state index is -0.473. The van der Waals surface area contributed by atoms with Crippen molar-refractivity contribution in [2.24, 2.45) is 17.1 Å². The molecule has 0 radical (unpaired) electrons. The molecule has 2 heterocycles. The predicted octanol–water partition coefficient (Wildman–Crippen LogP) is 1.81. The van der Waals surface area contributed by atoms with Crippen LogP contribution in [0.5, 0.6) is 0 Å². The van der Waals surface area contributed by atoms with Crippen molar-refractivity contribution < 1.29 is 14.3 Å². The minimum Gasteiger partial charge on any atom is -0.385 e. The zero-order chi connectivity index (χ0) is 19.9. The molecule has 156 valence electrons. The Morgan fingerprint density at radius 3 is 2.56 bits per heavy atom. The van der Waals surface area contributed by atoms with Crippen molar-refractivity contribution in [3.8, 4) is 0 Å². The lowest BCUT2D eigenvalue weighted by atomic mass is 9.76. The number of urea groups is 1. The zero-order valence-electron chi connectivity index (χ0n) is 17.3. The summed E-state index contributed by atoms with van der Waals surface area (Å²) in [5.74, 6) is 0.394. The Bertz CT molecular complexity index is 492. The number of methoxy groups -OCH3 is 1. The fourth-order valence-electron chi connectivity index (χ4n) is 4.32. The van der Waals surface area contributed by atoms with Crippen molar-refractivity contribution in [1.29, 1.82) is 0 Å². The number of piperidine rings is 2. The Morgan fingerprint density at radius 2 is 1.96 bits per heavy atom. The first-order valence-corrected chi connectivity index (χ1v) is 10.4. The van der Waals surface area contributed by atoms with E-state index in [0.717, 1.165) is 64.8 Å². The highest BCUT2D eigenvalue weighted by Crippen LogP contribution is 2.35. The molecule has 0 aromatic carbocycles. The number of carbonyl (C=O) groups excluding carboxylic acids is 2. The summed E-state index contributed by atoms with van der Waals surface area (Å²) >= 11 is 0. The van der Waals surface area contributed by atoms with E-state index in [0.29, 0.717) is 25.0 Å². The number of nitrogens with two attached hydrogens (primary N) is 1. The third kappa shape index (κ3) is 6.07. The fraction of sp³-hybridized carbons (Fsp3) is 0.900. The quantitative estimate of drug-likeness (QED) is 0.670. The number of carbonyl (C=O) groups is 2. The van der Waals surface area contributed by atoms with Crippen molar-refractivity contribution >= 4 is 11.9 Å². The van der Waals surface area contributed by atoms with Crippen LogP contribution in [0.3, 0.4) is 0 Å². The number of ether oxygens (including phenoxy) is 1. The topological polar surface area (TPSA) is 87.9 Å². The van der Waals surface area contributed by atoms with E-state index in [1.165, 1.54) is 0 Å². The third-order valence-corrected chi connectivity index (χ3v) is 6.18. The van der Waals surface area contributed by atoms with E-state index < -0.39 is 5.41 Å². The summed E-state index contributed by atoms with van der Waals surface area (Å²) in [6.45, 7) is 8.90. The van der Waals surface area contributed by atoms with Gasteiger partial charge in [-0.1, -0.05) is 13.8 Å². The Morgan fingerprint density at radius 1 is 1.26 bits per heavy atom. The molecule has 1 unspecified atom stereocenters. The maximum absolute atomic E-state index is 12.3. The van der Waals surface area contributed by atoms with Crippen molar-refractivity contribution in [1.82, 2.24) is 15.1 Å². The second-order valence-electron chi connectivity index (χ2n) is 8.59. The van der Waals surface area contributed by atoms with Gasteiger partial charge in [0.1, 0.15) is 0 Å². The first kappa shape index (κ1) is 22.0. The molecular formula is C20H38N4O3. The van der Waals surface area contributed by atoms with Gasteiger partial charge in [0, 0.05) is 45.9 Å². The van der Waals surface area contributed by atoms with E-state index in [4.69, 9.17) is 10.5 Å². The molecule has 3 amide bonds. The summed E-state index contributed by atoms with van der Waals surface area (Å²) < 4.78 is 5.21. The van der Waals surface area contributed by atoms with Gasteiger partial charge in [-0.2, -0.15) is 0 Å².